The number of rotatable bonds is 2. The van der Waals surface area contributed by atoms with Crippen LogP contribution in [0, 0.1) is 5.82 Å². The van der Waals surface area contributed by atoms with Crippen molar-refractivity contribution in [1.29, 1.82) is 0 Å². The Bertz CT molecular complexity index is 554. The predicted molar refractivity (Wildman–Crippen MR) is 54.8 cm³/mol. The number of hydrogen-bond acceptors (Lipinski definition) is 6. The lowest BCUT2D eigenvalue weighted by Crippen LogP contribution is -2.41. The Labute approximate surface area is 104 Å². The van der Waals surface area contributed by atoms with Gasteiger partial charge in [-0.1, -0.05) is 0 Å². The van der Waals surface area contributed by atoms with Crippen LogP contribution in [0.25, 0.3) is 0 Å². The van der Waals surface area contributed by atoms with E-state index in [1.165, 1.54) is 0 Å². The van der Waals surface area contributed by atoms with E-state index in [0.29, 0.717) is 10.8 Å². The van der Waals surface area contributed by atoms with Crippen LogP contribution in [0.3, 0.4) is 0 Å². The zero-order valence-electron chi connectivity index (χ0n) is 9.33. The summed E-state index contributed by atoms with van der Waals surface area (Å²) < 4.78 is 45.4. The lowest BCUT2D eigenvalue weighted by Gasteiger charge is -2.19. The topological polar surface area (TPSA) is 111 Å². The fourth-order valence-corrected chi connectivity index (χ4v) is 1.71. The van der Waals surface area contributed by atoms with Gasteiger partial charge in [0.1, 0.15) is 6.61 Å². The molecular formula is C9H10F3N3O4. The molecule has 0 radical (unpaired) electrons. The first kappa shape index (κ1) is 13.8. The maximum atomic E-state index is 13.7. The zero-order valence-corrected chi connectivity index (χ0v) is 9.33. The van der Waals surface area contributed by atoms with Crippen molar-refractivity contribution in [3.05, 3.63) is 22.5 Å². The molecule has 10 heteroatoms. The first-order valence-corrected chi connectivity index (χ1v) is 5.14. The largest absolute Gasteiger partial charge is 0.390 e. The molecule has 1 aliphatic rings. The summed E-state index contributed by atoms with van der Waals surface area (Å²) >= 11 is 0. The molecule has 1 aromatic heterocycles. The minimum Gasteiger partial charge on any atom is -0.390 e. The van der Waals surface area contributed by atoms with E-state index in [9.17, 15) is 23.1 Å². The van der Waals surface area contributed by atoms with Crippen LogP contribution in [0.15, 0.2) is 11.0 Å². The molecule has 7 nitrogen and oxygen atoms in total. The van der Waals surface area contributed by atoms with Gasteiger partial charge in [0.25, 0.3) is 5.85 Å². The van der Waals surface area contributed by atoms with Crippen molar-refractivity contribution >= 4 is 5.82 Å². The molecule has 0 spiro atoms. The van der Waals surface area contributed by atoms with Gasteiger partial charge in [-0.3, -0.25) is 4.57 Å². The quantitative estimate of drug-likeness (QED) is 0.631. The highest BCUT2D eigenvalue weighted by molar-refractivity contribution is 5.26. The van der Waals surface area contributed by atoms with Gasteiger partial charge in [-0.2, -0.15) is 4.98 Å². The molecule has 0 aliphatic carbocycles. The van der Waals surface area contributed by atoms with E-state index in [1.807, 2.05) is 0 Å². The number of aromatic nitrogens is 2. The molecule has 1 saturated heterocycles. The lowest BCUT2D eigenvalue weighted by molar-refractivity contribution is -0.207. The molecule has 0 amide bonds. The number of nitrogens with two attached hydrogens (primary N) is 1. The molecule has 0 unspecified atom stereocenters. The van der Waals surface area contributed by atoms with Crippen LogP contribution >= 0.6 is 0 Å². The van der Waals surface area contributed by atoms with Gasteiger partial charge >= 0.3 is 5.69 Å². The van der Waals surface area contributed by atoms with Crippen LogP contribution < -0.4 is 11.4 Å². The molecule has 2 rings (SSSR count). The Morgan fingerprint density at radius 1 is 1.63 bits per heavy atom. The third-order valence-corrected chi connectivity index (χ3v) is 2.76. The van der Waals surface area contributed by atoms with Gasteiger partial charge in [0.15, 0.2) is 30.1 Å². The third-order valence-electron chi connectivity index (χ3n) is 2.76. The zero-order chi connectivity index (χ0) is 14.4. The van der Waals surface area contributed by atoms with Crippen molar-refractivity contribution in [3.63, 3.8) is 0 Å². The number of anilines is 1. The summed E-state index contributed by atoms with van der Waals surface area (Å²) in [5.74, 6) is -4.92. The van der Waals surface area contributed by atoms with Crippen molar-refractivity contribution in [2.24, 2.45) is 0 Å². The average Bonchev–Trinajstić information content (AvgIpc) is 2.59. The second-order valence-electron chi connectivity index (χ2n) is 4.01. The second kappa shape index (κ2) is 4.47. The molecule has 106 valence electrons. The van der Waals surface area contributed by atoms with E-state index >= 15 is 0 Å². The number of halogens is 3. The SMILES string of the molecule is Nc1nc(=O)n([C@@H]2O[C@](F)(CO)[C@@H](O)[C@@H]2F)cc1F. The smallest absolute Gasteiger partial charge is 0.351 e. The molecule has 0 saturated carbocycles. The molecule has 1 fully saturated rings. The van der Waals surface area contributed by atoms with Crippen LogP contribution in [-0.4, -0.2) is 44.5 Å². The van der Waals surface area contributed by atoms with Gasteiger partial charge in [-0.05, 0) is 0 Å². The number of nitrogens with zero attached hydrogens (tertiary/aromatic N) is 2. The molecule has 2 heterocycles. The predicted octanol–water partition coefficient (Wildman–Crippen LogP) is -1.15. The van der Waals surface area contributed by atoms with Gasteiger partial charge in [-0.15, -0.1) is 0 Å². The second-order valence-corrected chi connectivity index (χ2v) is 4.01. The van der Waals surface area contributed by atoms with E-state index < -0.39 is 48.3 Å². The van der Waals surface area contributed by atoms with Crippen molar-refractivity contribution in [1.82, 2.24) is 9.55 Å². The van der Waals surface area contributed by atoms with Gasteiger partial charge in [0, 0.05) is 0 Å². The molecule has 4 atom stereocenters. The summed E-state index contributed by atoms with van der Waals surface area (Å²) in [6.45, 7) is -1.33. The summed E-state index contributed by atoms with van der Waals surface area (Å²) in [4.78, 5) is 14.5. The summed E-state index contributed by atoms with van der Waals surface area (Å²) in [6.07, 6.45) is -6.19. The number of nitrogen functional groups attached to an aromatic ring is 1. The minimum absolute atomic E-state index is 0.316. The van der Waals surface area contributed by atoms with Crippen LogP contribution in [0.2, 0.25) is 0 Å². The molecule has 4 N–H and O–H groups in total. The summed E-state index contributed by atoms with van der Waals surface area (Å²) in [5.41, 5.74) is 3.85. The Balaban J connectivity index is 2.44. The van der Waals surface area contributed by atoms with E-state index in [2.05, 4.69) is 9.72 Å². The number of ether oxygens (including phenoxy) is 1. The van der Waals surface area contributed by atoms with E-state index in [0.717, 1.165) is 0 Å². The van der Waals surface area contributed by atoms with E-state index in [-0.39, 0.29) is 0 Å². The highest BCUT2D eigenvalue weighted by Crippen LogP contribution is 2.39. The molecule has 0 bridgehead atoms. The van der Waals surface area contributed by atoms with Crippen LogP contribution in [0.1, 0.15) is 6.23 Å². The third kappa shape index (κ3) is 2.07. The molecule has 19 heavy (non-hydrogen) atoms. The molecule has 0 aromatic carbocycles. The summed E-state index contributed by atoms with van der Waals surface area (Å²) in [5, 5.41) is 18.0. The number of aliphatic hydroxyl groups excluding tert-OH is 2. The van der Waals surface area contributed by atoms with Gasteiger partial charge < -0.3 is 20.7 Å². The van der Waals surface area contributed by atoms with Crippen LogP contribution in [-0.2, 0) is 4.74 Å². The molecular weight excluding hydrogens is 271 g/mol. The highest BCUT2D eigenvalue weighted by atomic mass is 19.2. The lowest BCUT2D eigenvalue weighted by atomic mass is 10.1. The normalized spacial score (nSPS) is 34.7. The maximum Gasteiger partial charge on any atom is 0.351 e. The van der Waals surface area contributed by atoms with Crippen LogP contribution in [0.4, 0.5) is 19.0 Å². The van der Waals surface area contributed by atoms with Crippen molar-refractivity contribution < 1.29 is 28.1 Å². The molecule has 1 aromatic rings. The monoisotopic (exact) mass is 281 g/mol. The van der Waals surface area contributed by atoms with Gasteiger partial charge in [0.2, 0.25) is 0 Å². The van der Waals surface area contributed by atoms with Crippen molar-refractivity contribution in [2.45, 2.75) is 24.4 Å². The average molecular weight is 281 g/mol. The molecule has 1 aliphatic heterocycles. The summed E-state index contributed by atoms with van der Waals surface area (Å²) in [6, 6.07) is 0. The first-order chi connectivity index (χ1) is 8.80. The van der Waals surface area contributed by atoms with Gasteiger partial charge in [0.05, 0.1) is 6.20 Å². The number of hydrogen-bond donors (Lipinski definition) is 3. The maximum absolute atomic E-state index is 13.7. The fraction of sp³-hybridized carbons (Fsp3) is 0.556. The van der Waals surface area contributed by atoms with Gasteiger partial charge in [-0.25, -0.2) is 18.0 Å². The van der Waals surface area contributed by atoms with Crippen molar-refractivity contribution in [2.75, 3.05) is 12.3 Å². The Hall–Kier alpha value is -1.65. The van der Waals surface area contributed by atoms with E-state index in [1.54, 1.807) is 0 Å². The fourth-order valence-electron chi connectivity index (χ4n) is 1.71. The minimum atomic E-state index is -3.08. The Morgan fingerprint density at radius 3 is 2.79 bits per heavy atom. The van der Waals surface area contributed by atoms with Crippen molar-refractivity contribution in [3.8, 4) is 0 Å². The highest BCUT2D eigenvalue weighted by Gasteiger charge is 2.57. The Morgan fingerprint density at radius 2 is 2.26 bits per heavy atom. The first-order valence-electron chi connectivity index (χ1n) is 5.14. The Kier molecular flexibility index (Phi) is 3.24. The van der Waals surface area contributed by atoms with Crippen LogP contribution in [0.5, 0.6) is 0 Å². The standard InChI is InChI=1S/C9H10F3N3O4/c10-3-1-15(8(18)14-6(3)13)7-4(11)5(17)9(12,2-16)19-7/h1,4-5,7,16-17H,2H2,(H2,13,14,18)/t4-,5-,7+,9+/m0/s1. The van der Waals surface area contributed by atoms with E-state index in [4.69, 9.17) is 10.8 Å². The summed E-state index contributed by atoms with van der Waals surface area (Å²) in [7, 11) is 0. The number of aliphatic hydroxyl groups is 2. The number of alkyl halides is 2.